The van der Waals surface area contributed by atoms with Gasteiger partial charge in [0.1, 0.15) is 11.6 Å². The zero-order chi connectivity index (χ0) is 20.7. The molecule has 0 saturated carbocycles. The summed E-state index contributed by atoms with van der Waals surface area (Å²) in [7, 11) is 0. The van der Waals surface area contributed by atoms with Crippen molar-refractivity contribution in [1.82, 2.24) is 19.7 Å². The number of nitrogens with zero attached hydrogens (tertiary/aromatic N) is 3. The van der Waals surface area contributed by atoms with Gasteiger partial charge in [0, 0.05) is 22.4 Å². The number of aromatic amines is 1. The summed E-state index contributed by atoms with van der Waals surface area (Å²) in [5.41, 5.74) is 6.09. The van der Waals surface area contributed by atoms with Crippen LogP contribution < -0.4 is 0 Å². The van der Waals surface area contributed by atoms with Gasteiger partial charge in [-0.25, -0.2) is 9.37 Å². The molecule has 0 bridgehead atoms. The minimum atomic E-state index is -0.910. The first-order valence-electron chi connectivity index (χ1n) is 9.31. The molecule has 0 radical (unpaired) electrons. The lowest BCUT2D eigenvalue weighted by atomic mass is 10.1. The third-order valence-corrected chi connectivity index (χ3v) is 5.14. The Hall–Kier alpha value is -3.48. The van der Waals surface area contributed by atoms with Crippen LogP contribution in [0.4, 0.5) is 4.39 Å². The fraction of sp³-hybridized carbons (Fsp3) is 0.227. The number of H-pyrrole nitrogens is 1. The van der Waals surface area contributed by atoms with Crippen LogP contribution in [-0.4, -0.2) is 30.8 Å². The molecule has 2 N–H and O–H groups in total. The standard InChI is InChI=1S/C22H21FN4O2/c1-12-4-7-19-20(8-12)25-22(24-19)15-5-6-16(18(23)9-15)11-27-14(3)17(10-21(28)29)13(2)26-27/h4-9H,10-11H2,1-3H3,(H,24,25)(H,28,29). The molecular formula is C22H21FN4O2. The number of carboxylic acids is 1. The third kappa shape index (κ3) is 3.63. The predicted molar refractivity (Wildman–Crippen MR) is 108 cm³/mol. The lowest BCUT2D eigenvalue weighted by Gasteiger charge is -2.08. The molecule has 0 atom stereocenters. The number of halogens is 1. The Labute approximate surface area is 167 Å². The van der Waals surface area contributed by atoms with E-state index in [-0.39, 0.29) is 18.8 Å². The van der Waals surface area contributed by atoms with Gasteiger partial charge >= 0.3 is 5.97 Å². The van der Waals surface area contributed by atoms with Gasteiger partial charge in [-0.1, -0.05) is 18.2 Å². The highest BCUT2D eigenvalue weighted by molar-refractivity contribution is 5.80. The average molecular weight is 392 g/mol. The van der Waals surface area contributed by atoms with Crippen molar-refractivity contribution in [2.45, 2.75) is 33.7 Å². The van der Waals surface area contributed by atoms with E-state index in [2.05, 4.69) is 15.1 Å². The van der Waals surface area contributed by atoms with E-state index in [1.54, 1.807) is 24.6 Å². The maximum atomic E-state index is 14.8. The summed E-state index contributed by atoms with van der Waals surface area (Å²) >= 11 is 0. The van der Waals surface area contributed by atoms with Gasteiger partial charge in [-0.05, 0) is 44.5 Å². The Kier molecular flexibility index (Phi) is 4.66. The summed E-state index contributed by atoms with van der Waals surface area (Å²) in [6.07, 6.45) is -0.0926. The van der Waals surface area contributed by atoms with Crippen LogP contribution in [0.2, 0.25) is 0 Å². The lowest BCUT2D eigenvalue weighted by Crippen LogP contribution is -2.07. The average Bonchev–Trinajstić information content (AvgIpc) is 3.19. The van der Waals surface area contributed by atoms with Crippen molar-refractivity contribution in [1.29, 1.82) is 0 Å². The molecule has 0 aliphatic carbocycles. The Morgan fingerprint density at radius 2 is 1.97 bits per heavy atom. The monoisotopic (exact) mass is 392 g/mol. The Bertz CT molecular complexity index is 1240. The first kappa shape index (κ1) is 18.9. The smallest absolute Gasteiger partial charge is 0.307 e. The minimum absolute atomic E-state index is 0.0926. The number of nitrogens with one attached hydrogen (secondary N) is 1. The van der Waals surface area contributed by atoms with Crippen LogP contribution >= 0.6 is 0 Å². The van der Waals surface area contributed by atoms with E-state index in [0.29, 0.717) is 28.2 Å². The summed E-state index contributed by atoms with van der Waals surface area (Å²) in [5.74, 6) is -0.648. The van der Waals surface area contributed by atoms with Gasteiger partial charge in [0.25, 0.3) is 0 Å². The number of aliphatic carboxylic acids is 1. The molecule has 0 aliphatic heterocycles. The van der Waals surface area contributed by atoms with Gasteiger partial charge in [0.05, 0.1) is 29.7 Å². The Balaban J connectivity index is 1.63. The van der Waals surface area contributed by atoms with Gasteiger partial charge in [0.15, 0.2) is 0 Å². The molecule has 148 valence electrons. The van der Waals surface area contributed by atoms with Gasteiger partial charge in [0.2, 0.25) is 0 Å². The number of imidazole rings is 1. The lowest BCUT2D eigenvalue weighted by molar-refractivity contribution is -0.136. The quantitative estimate of drug-likeness (QED) is 0.534. The van der Waals surface area contributed by atoms with Crippen molar-refractivity contribution >= 4 is 17.0 Å². The van der Waals surface area contributed by atoms with E-state index in [0.717, 1.165) is 22.3 Å². The molecular weight excluding hydrogens is 371 g/mol. The summed E-state index contributed by atoms with van der Waals surface area (Å²) in [6, 6.07) is 10.9. The molecule has 0 fully saturated rings. The van der Waals surface area contributed by atoms with E-state index in [1.807, 2.05) is 31.2 Å². The summed E-state index contributed by atoms with van der Waals surface area (Å²) < 4.78 is 16.5. The molecule has 0 saturated heterocycles. The zero-order valence-corrected chi connectivity index (χ0v) is 16.5. The van der Waals surface area contributed by atoms with Crippen LogP contribution in [0.15, 0.2) is 36.4 Å². The fourth-order valence-electron chi connectivity index (χ4n) is 3.54. The van der Waals surface area contributed by atoms with Crippen LogP contribution in [0, 0.1) is 26.6 Å². The zero-order valence-electron chi connectivity index (χ0n) is 16.5. The molecule has 2 aromatic heterocycles. The van der Waals surface area contributed by atoms with E-state index in [4.69, 9.17) is 5.11 Å². The number of aryl methyl sites for hydroxylation is 2. The molecule has 0 aliphatic rings. The van der Waals surface area contributed by atoms with Crippen molar-refractivity contribution in [3.8, 4) is 11.4 Å². The van der Waals surface area contributed by atoms with Crippen molar-refractivity contribution in [2.75, 3.05) is 0 Å². The minimum Gasteiger partial charge on any atom is -0.481 e. The number of hydrogen-bond acceptors (Lipinski definition) is 3. The van der Waals surface area contributed by atoms with Gasteiger partial charge in [-0.15, -0.1) is 0 Å². The third-order valence-electron chi connectivity index (χ3n) is 5.14. The van der Waals surface area contributed by atoms with Crippen molar-refractivity contribution in [3.63, 3.8) is 0 Å². The summed E-state index contributed by atoms with van der Waals surface area (Å²) in [6.45, 7) is 5.82. The largest absolute Gasteiger partial charge is 0.481 e. The number of fused-ring (bicyclic) bond motifs is 1. The van der Waals surface area contributed by atoms with Crippen LogP contribution in [0.25, 0.3) is 22.4 Å². The normalized spacial score (nSPS) is 11.3. The second-order valence-corrected chi connectivity index (χ2v) is 7.29. The molecule has 4 rings (SSSR count). The first-order chi connectivity index (χ1) is 13.8. The highest BCUT2D eigenvalue weighted by Crippen LogP contribution is 2.24. The molecule has 2 aromatic carbocycles. The molecule has 4 aromatic rings. The molecule has 29 heavy (non-hydrogen) atoms. The molecule has 0 amide bonds. The molecule has 2 heterocycles. The van der Waals surface area contributed by atoms with Crippen molar-refractivity contribution in [3.05, 3.63) is 70.3 Å². The SMILES string of the molecule is Cc1ccc2nc(-c3ccc(Cn4nc(C)c(CC(=O)O)c4C)c(F)c3)[nH]c2c1. The predicted octanol–water partition coefficient (Wildman–Crippen LogP) is 4.17. The van der Waals surface area contributed by atoms with Crippen molar-refractivity contribution in [2.24, 2.45) is 0 Å². The van der Waals surface area contributed by atoms with E-state index in [1.165, 1.54) is 6.07 Å². The van der Waals surface area contributed by atoms with Crippen molar-refractivity contribution < 1.29 is 14.3 Å². The van der Waals surface area contributed by atoms with Crippen LogP contribution in [-0.2, 0) is 17.8 Å². The second-order valence-electron chi connectivity index (χ2n) is 7.29. The number of benzene rings is 2. The van der Waals surface area contributed by atoms with Crippen LogP contribution in [0.1, 0.15) is 28.1 Å². The fourth-order valence-corrected chi connectivity index (χ4v) is 3.54. The van der Waals surface area contributed by atoms with Gasteiger partial charge in [-0.2, -0.15) is 5.10 Å². The van der Waals surface area contributed by atoms with Crippen LogP contribution in [0.3, 0.4) is 0 Å². The topological polar surface area (TPSA) is 83.8 Å². The second kappa shape index (κ2) is 7.16. The Morgan fingerprint density at radius 1 is 1.17 bits per heavy atom. The molecule has 0 unspecified atom stereocenters. The van der Waals surface area contributed by atoms with E-state index >= 15 is 0 Å². The molecule has 7 heteroatoms. The number of carboxylic acid groups (broad SMARTS) is 1. The van der Waals surface area contributed by atoms with Gasteiger partial charge < -0.3 is 10.1 Å². The Morgan fingerprint density at radius 3 is 2.69 bits per heavy atom. The van der Waals surface area contributed by atoms with E-state index in [9.17, 15) is 9.18 Å². The summed E-state index contributed by atoms with van der Waals surface area (Å²) in [5, 5.41) is 13.4. The highest BCUT2D eigenvalue weighted by atomic mass is 19.1. The number of carbonyl (C=O) groups is 1. The highest BCUT2D eigenvalue weighted by Gasteiger charge is 2.16. The van der Waals surface area contributed by atoms with Gasteiger partial charge in [-0.3, -0.25) is 9.48 Å². The summed E-state index contributed by atoms with van der Waals surface area (Å²) in [4.78, 5) is 18.8. The molecule has 6 nitrogen and oxygen atoms in total. The number of aromatic nitrogens is 4. The first-order valence-corrected chi connectivity index (χ1v) is 9.31. The molecule has 0 spiro atoms. The maximum absolute atomic E-state index is 14.8. The number of hydrogen-bond donors (Lipinski definition) is 2. The maximum Gasteiger partial charge on any atom is 0.307 e. The van der Waals surface area contributed by atoms with Crippen LogP contribution in [0.5, 0.6) is 0 Å². The number of rotatable bonds is 5. The van der Waals surface area contributed by atoms with E-state index < -0.39 is 5.97 Å².